The van der Waals surface area contributed by atoms with Crippen molar-refractivity contribution in [3.8, 4) is 0 Å². The van der Waals surface area contributed by atoms with Gasteiger partial charge in [-0.15, -0.1) is 11.8 Å². The fourth-order valence-corrected chi connectivity index (χ4v) is 8.16. The van der Waals surface area contributed by atoms with Crippen molar-refractivity contribution >= 4 is 56.8 Å². The third kappa shape index (κ3) is 5.04. The summed E-state index contributed by atoms with van der Waals surface area (Å²) in [7, 11) is 0. The predicted molar refractivity (Wildman–Crippen MR) is 157 cm³/mol. The average molecular weight is 518 g/mol. The van der Waals surface area contributed by atoms with Crippen LogP contribution in [0.2, 0.25) is 0 Å². The van der Waals surface area contributed by atoms with Crippen LogP contribution in [0.1, 0.15) is 45.0 Å². The Balaban J connectivity index is 1.47. The third-order valence-electron chi connectivity index (χ3n) is 6.52. The Kier molecular flexibility index (Phi) is 7.86. The number of allylic oxidation sites excluding steroid dienone is 5. The van der Waals surface area contributed by atoms with E-state index in [4.69, 9.17) is 0 Å². The molecule has 0 N–H and O–H groups in total. The summed E-state index contributed by atoms with van der Waals surface area (Å²) in [5.74, 6) is 1.10. The molecule has 2 aromatic carbocycles. The van der Waals surface area contributed by atoms with E-state index < -0.39 is 0 Å². The molecule has 2 aliphatic rings. The van der Waals surface area contributed by atoms with Crippen molar-refractivity contribution in [1.82, 2.24) is 0 Å². The Morgan fingerprint density at radius 2 is 1.80 bits per heavy atom. The van der Waals surface area contributed by atoms with Gasteiger partial charge in [0.1, 0.15) is 11.2 Å². The van der Waals surface area contributed by atoms with E-state index in [9.17, 15) is 0 Å². The molecule has 5 rings (SSSR count). The van der Waals surface area contributed by atoms with Gasteiger partial charge in [0.05, 0.1) is 10.7 Å². The lowest BCUT2D eigenvalue weighted by atomic mass is 9.94. The van der Waals surface area contributed by atoms with Gasteiger partial charge < -0.3 is 4.90 Å². The first-order valence-corrected chi connectivity index (χ1v) is 15.3. The minimum atomic E-state index is 0.992. The summed E-state index contributed by atoms with van der Waals surface area (Å²) in [5.41, 5.74) is 5.65. The topological polar surface area (TPSA) is 7.12 Å². The molecule has 2 nitrogen and oxygen atoms in total. The number of thiazole rings is 1. The molecule has 180 valence electrons. The van der Waals surface area contributed by atoms with Gasteiger partial charge in [0.2, 0.25) is 5.52 Å². The van der Waals surface area contributed by atoms with Crippen LogP contribution in [-0.2, 0) is 6.54 Å². The van der Waals surface area contributed by atoms with Gasteiger partial charge in [-0.1, -0.05) is 66.4 Å². The molecule has 35 heavy (non-hydrogen) atoms. The van der Waals surface area contributed by atoms with Crippen molar-refractivity contribution in [3.63, 3.8) is 0 Å². The summed E-state index contributed by atoms with van der Waals surface area (Å²) in [6.07, 6.45) is 13.0. The smallest absolute Gasteiger partial charge is 0.262 e. The van der Waals surface area contributed by atoms with E-state index in [0.29, 0.717) is 0 Å². The minimum Gasteiger partial charge on any atom is -0.335 e. The Labute approximate surface area is 222 Å². The van der Waals surface area contributed by atoms with Crippen LogP contribution in [0.3, 0.4) is 0 Å². The van der Waals surface area contributed by atoms with E-state index in [1.54, 1.807) is 0 Å². The van der Waals surface area contributed by atoms with Crippen molar-refractivity contribution in [2.75, 3.05) is 17.2 Å². The molecule has 0 spiro atoms. The lowest BCUT2D eigenvalue weighted by molar-refractivity contribution is -0.665. The highest BCUT2D eigenvalue weighted by molar-refractivity contribution is 8.03. The maximum atomic E-state index is 2.43. The lowest BCUT2D eigenvalue weighted by Crippen LogP contribution is -2.33. The number of para-hydroxylation sites is 2. The van der Waals surface area contributed by atoms with Crippen LogP contribution < -0.4 is 9.47 Å². The van der Waals surface area contributed by atoms with Crippen LogP contribution in [0.15, 0.2) is 92.7 Å². The summed E-state index contributed by atoms with van der Waals surface area (Å²) in [4.78, 5) is 5.28. The van der Waals surface area contributed by atoms with Crippen molar-refractivity contribution in [2.24, 2.45) is 0 Å². The normalized spacial score (nSPS) is 18.5. The van der Waals surface area contributed by atoms with Crippen molar-refractivity contribution in [2.45, 2.75) is 51.5 Å². The number of hydrogen-bond acceptors (Lipinski definition) is 4. The molecule has 0 saturated carbocycles. The van der Waals surface area contributed by atoms with Crippen LogP contribution in [0.4, 0.5) is 5.69 Å². The third-order valence-corrected chi connectivity index (χ3v) is 9.89. The van der Waals surface area contributed by atoms with Gasteiger partial charge in [0.15, 0.2) is 0 Å². The van der Waals surface area contributed by atoms with E-state index in [-0.39, 0.29) is 0 Å². The molecule has 5 heteroatoms. The first kappa shape index (κ1) is 24.5. The van der Waals surface area contributed by atoms with E-state index in [1.165, 1.54) is 53.3 Å². The highest BCUT2D eigenvalue weighted by Crippen LogP contribution is 2.46. The van der Waals surface area contributed by atoms with Gasteiger partial charge in [-0.3, -0.25) is 0 Å². The zero-order chi connectivity index (χ0) is 24.2. The standard InChI is InChI=1S/C30H33N2S3/c1-4-31-24-14-7-9-16-26(24)34-28(31)20-18-22-12-11-13-23(30(22)33-6-3)19-21-29-32(5-2)25-15-8-10-17-27(25)35-29/h7-10,14-21H,4-6,11-13H2,1-3H3/q+1. The van der Waals surface area contributed by atoms with Gasteiger partial charge in [-0.25, -0.2) is 0 Å². The molecular formula is C30H33N2S3+. The van der Waals surface area contributed by atoms with Crippen LogP contribution in [0, 0.1) is 0 Å². The van der Waals surface area contributed by atoms with Crippen LogP contribution in [0.5, 0.6) is 0 Å². The van der Waals surface area contributed by atoms with Crippen LogP contribution in [-0.4, -0.2) is 12.3 Å². The molecule has 1 aromatic heterocycles. The molecule has 0 radical (unpaired) electrons. The van der Waals surface area contributed by atoms with Gasteiger partial charge >= 0.3 is 0 Å². The Morgan fingerprint density at radius 3 is 2.63 bits per heavy atom. The second-order valence-electron chi connectivity index (χ2n) is 8.64. The quantitative estimate of drug-likeness (QED) is 0.289. The van der Waals surface area contributed by atoms with E-state index in [0.717, 1.165) is 31.7 Å². The highest BCUT2D eigenvalue weighted by atomic mass is 32.2. The highest BCUT2D eigenvalue weighted by Gasteiger charge is 2.23. The van der Waals surface area contributed by atoms with Crippen LogP contribution >= 0.6 is 34.9 Å². The SMILES string of the molecule is CCSC1=C(/C=C/c2sc3ccccc3[n+]2CC)CCC/C1=C\C=C1/Sc2ccccc2N1CC. The number of aromatic nitrogens is 1. The largest absolute Gasteiger partial charge is 0.335 e. The van der Waals surface area contributed by atoms with Gasteiger partial charge in [0.25, 0.3) is 5.01 Å². The number of thioether (sulfide) groups is 2. The number of benzene rings is 2. The number of fused-ring (bicyclic) bond motifs is 2. The molecule has 0 atom stereocenters. The number of anilines is 1. The van der Waals surface area contributed by atoms with E-state index in [2.05, 4.69) is 103 Å². The monoisotopic (exact) mass is 517 g/mol. The Hall–Kier alpha value is -2.21. The summed E-state index contributed by atoms with van der Waals surface area (Å²) in [6.45, 7) is 8.73. The second-order valence-corrected chi connectivity index (χ2v) is 12.0. The lowest BCUT2D eigenvalue weighted by Gasteiger charge is -2.21. The number of hydrogen-bond donors (Lipinski definition) is 0. The molecule has 0 amide bonds. The molecule has 0 fully saturated rings. The van der Waals surface area contributed by atoms with Crippen LogP contribution in [0.25, 0.3) is 16.3 Å². The second kappa shape index (κ2) is 11.2. The average Bonchev–Trinajstić information content (AvgIpc) is 3.44. The van der Waals surface area contributed by atoms with Gasteiger partial charge in [-0.2, -0.15) is 4.57 Å². The predicted octanol–water partition coefficient (Wildman–Crippen LogP) is 8.81. The maximum Gasteiger partial charge on any atom is 0.262 e. The number of nitrogens with zero attached hydrogens (tertiary/aromatic N) is 2. The molecule has 0 bridgehead atoms. The molecule has 1 aliphatic heterocycles. The fourth-order valence-electron chi connectivity index (χ4n) is 4.90. The molecule has 0 unspecified atom stereocenters. The first-order chi connectivity index (χ1) is 17.2. The Bertz CT molecular complexity index is 1340. The minimum absolute atomic E-state index is 0.992. The number of aryl methyl sites for hydroxylation is 1. The van der Waals surface area contributed by atoms with E-state index >= 15 is 0 Å². The van der Waals surface area contributed by atoms with Crippen molar-refractivity contribution < 1.29 is 4.57 Å². The molecule has 3 aromatic rings. The van der Waals surface area contributed by atoms with Gasteiger partial charge in [-0.05, 0) is 74.3 Å². The van der Waals surface area contributed by atoms with E-state index in [1.807, 2.05) is 34.9 Å². The molecule has 0 saturated heterocycles. The Morgan fingerprint density at radius 1 is 0.971 bits per heavy atom. The zero-order valence-electron chi connectivity index (χ0n) is 20.8. The molecule has 1 aliphatic carbocycles. The number of rotatable bonds is 7. The maximum absolute atomic E-state index is 2.43. The first-order valence-electron chi connectivity index (χ1n) is 12.6. The van der Waals surface area contributed by atoms with Crippen molar-refractivity contribution in [1.29, 1.82) is 0 Å². The van der Waals surface area contributed by atoms with Gasteiger partial charge in [0, 0.05) is 28.5 Å². The zero-order valence-corrected chi connectivity index (χ0v) is 23.2. The molecule has 2 heterocycles. The summed E-state index contributed by atoms with van der Waals surface area (Å²) in [6, 6.07) is 17.5. The fraction of sp³-hybridized carbons (Fsp3) is 0.300. The van der Waals surface area contributed by atoms with Crippen molar-refractivity contribution in [3.05, 3.63) is 92.8 Å². The molecular weight excluding hydrogens is 485 g/mol. The summed E-state index contributed by atoms with van der Waals surface area (Å²) in [5, 5.41) is 2.66. The summed E-state index contributed by atoms with van der Waals surface area (Å²) >= 11 is 5.78. The summed E-state index contributed by atoms with van der Waals surface area (Å²) < 4.78 is 3.79.